The topological polar surface area (TPSA) is 84.9 Å². The molecule has 1 aliphatic carbocycles. The minimum absolute atomic E-state index is 0.180. The number of carbonyl (C=O) groups is 3. The number of hydrogen-bond acceptors (Lipinski definition) is 5. The van der Waals surface area contributed by atoms with Crippen molar-refractivity contribution in [1.82, 2.24) is 10.2 Å². The van der Waals surface area contributed by atoms with Crippen molar-refractivity contribution in [2.24, 2.45) is 5.92 Å². The normalized spacial score (nSPS) is 20.2. The van der Waals surface area contributed by atoms with Crippen LogP contribution in [0.2, 0.25) is 0 Å². The molecule has 7 nitrogen and oxygen atoms in total. The molecule has 7 heteroatoms. The van der Waals surface area contributed by atoms with Crippen molar-refractivity contribution >= 4 is 18.0 Å². The van der Waals surface area contributed by atoms with E-state index in [9.17, 15) is 14.4 Å². The van der Waals surface area contributed by atoms with Crippen LogP contribution in [-0.4, -0.2) is 47.1 Å². The first-order valence-corrected chi connectivity index (χ1v) is 12.2. The number of esters is 1. The second-order valence-electron chi connectivity index (χ2n) is 10.2. The summed E-state index contributed by atoms with van der Waals surface area (Å²) in [5, 5.41) is 2.81. The zero-order valence-electron chi connectivity index (χ0n) is 20.2. The zero-order chi connectivity index (χ0) is 23.8. The molecule has 1 heterocycles. The maximum Gasteiger partial charge on any atom is 0.408 e. The molecule has 2 amide bonds. The van der Waals surface area contributed by atoms with Gasteiger partial charge in [0.05, 0.1) is 0 Å². The second kappa shape index (κ2) is 11.5. The molecule has 1 N–H and O–H groups in total. The van der Waals surface area contributed by atoms with Crippen LogP contribution < -0.4 is 5.32 Å². The quantitative estimate of drug-likeness (QED) is 0.605. The summed E-state index contributed by atoms with van der Waals surface area (Å²) >= 11 is 0. The lowest BCUT2D eigenvalue weighted by molar-refractivity contribution is -0.155. The number of carbonyl (C=O) groups excluding carboxylic acids is 3. The van der Waals surface area contributed by atoms with E-state index in [-0.39, 0.29) is 12.5 Å². The molecule has 2 aliphatic rings. The number of amides is 2. The van der Waals surface area contributed by atoms with E-state index >= 15 is 0 Å². The number of ether oxygens (including phenoxy) is 2. The Morgan fingerprint density at radius 3 is 2.39 bits per heavy atom. The van der Waals surface area contributed by atoms with Gasteiger partial charge in [0.25, 0.3) is 0 Å². The molecule has 2 fully saturated rings. The molecule has 1 aliphatic heterocycles. The fourth-order valence-corrected chi connectivity index (χ4v) is 4.73. The maximum atomic E-state index is 13.6. The fourth-order valence-electron chi connectivity index (χ4n) is 4.73. The van der Waals surface area contributed by atoms with Gasteiger partial charge in [-0.25, -0.2) is 9.59 Å². The molecule has 33 heavy (non-hydrogen) atoms. The average molecular weight is 459 g/mol. The summed E-state index contributed by atoms with van der Waals surface area (Å²) in [4.78, 5) is 40.5. The molecule has 0 spiro atoms. The molecule has 182 valence electrons. The summed E-state index contributed by atoms with van der Waals surface area (Å²) in [5.41, 5.74) is 0.253. The number of likely N-dealkylation sites (tertiary alicyclic amines) is 1. The highest BCUT2D eigenvalue weighted by Crippen LogP contribution is 2.29. The minimum atomic E-state index is -0.703. The molecule has 1 aromatic carbocycles. The molecule has 1 aromatic rings. The lowest BCUT2D eigenvalue weighted by atomic mass is 9.84. The van der Waals surface area contributed by atoms with Crippen LogP contribution >= 0.6 is 0 Å². The Hall–Kier alpha value is -2.57. The molecule has 1 saturated heterocycles. The first-order valence-electron chi connectivity index (χ1n) is 12.2. The van der Waals surface area contributed by atoms with Crippen LogP contribution in [-0.2, 0) is 25.7 Å². The van der Waals surface area contributed by atoms with E-state index in [1.165, 1.54) is 6.42 Å². The third kappa shape index (κ3) is 7.76. The summed E-state index contributed by atoms with van der Waals surface area (Å²) in [7, 11) is 0. The Balaban J connectivity index is 1.66. The van der Waals surface area contributed by atoms with E-state index in [1.807, 2.05) is 30.3 Å². The van der Waals surface area contributed by atoms with Crippen molar-refractivity contribution in [2.45, 2.75) is 96.4 Å². The van der Waals surface area contributed by atoms with Gasteiger partial charge in [-0.3, -0.25) is 4.79 Å². The molecular weight excluding hydrogens is 420 g/mol. The lowest BCUT2D eigenvalue weighted by Gasteiger charge is -2.32. The number of rotatable bonds is 7. The van der Waals surface area contributed by atoms with E-state index in [4.69, 9.17) is 9.47 Å². The first-order chi connectivity index (χ1) is 15.7. The van der Waals surface area contributed by atoms with Crippen LogP contribution in [0.5, 0.6) is 0 Å². The molecule has 0 radical (unpaired) electrons. The SMILES string of the molecule is CC(C)(C)OC(=O)NC(CC1CCCCC1)C(=O)N1CCC[C@@H]1C(=O)OCc1ccccc1. The second-order valence-corrected chi connectivity index (χ2v) is 10.2. The van der Waals surface area contributed by atoms with Crippen LogP contribution in [0, 0.1) is 5.92 Å². The predicted octanol–water partition coefficient (Wildman–Crippen LogP) is 4.58. The van der Waals surface area contributed by atoms with Gasteiger partial charge in [0.1, 0.15) is 24.3 Å². The summed E-state index contributed by atoms with van der Waals surface area (Å²) < 4.78 is 10.9. The van der Waals surface area contributed by atoms with Crippen molar-refractivity contribution in [3.63, 3.8) is 0 Å². The number of benzene rings is 1. The summed E-state index contributed by atoms with van der Waals surface area (Å²) in [6.45, 7) is 6.05. The number of nitrogens with one attached hydrogen (secondary N) is 1. The van der Waals surface area contributed by atoms with Crippen LogP contribution in [0.25, 0.3) is 0 Å². The van der Waals surface area contributed by atoms with Gasteiger partial charge in [0, 0.05) is 6.54 Å². The van der Waals surface area contributed by atoms with Gasteiger partial charge < -0.3 is 19.7 Å². The van der Waals surface area contributed by atoms with Gasteiger partial charge in [-0.05, 0) is 51.5 Å². The highest BCUT2D eigenvalue weighted by Gasteiger charge is 2.39. The smallest absolute Gasteiger partial charge is 0.408 e. The monoisotopic (exact) mass is 458 g/mol. The van der Waals surface area contributed by atoms with E-state index in [0.717, 1.165) is 37.7 Å². The molecule has 1 unspecified atom stereocenters. The fraction of sp³-hybridized carbons (Fsp3) is 0.654. The highest BCUT2D eigenvalue weighted by molar-refractivity contribution is 5.90. The molecule has 2 atom stereocenters. The van der Waals surface area contributed by atoms with E-state index in [0.29, 0.717) is 25.3 Å². The minimum Gasteiger partial charge on any atom is -0.459 e. The Labute approximate surface area is 197 Å². The van der Waals surface area contributed by atoms with Crippen LogP contribution in [0.4, 0.5) is 4.79 Å². The Bertz CT molecular complexity index is 799. The van der Waals surface area contributed by atoms with Gasteiger partial charge in [-0.2, -0.15) is 0 Å². The van der Waals surface area contributed by atoms with Crippen molar-refractivity contribution in [3.05, 3.63) is 35.9 Å². The number of hydrogen-bond donors (Lipinski definition) is 1. The molecule has 1 saturated carbocycles. The Morgan fingerprint density at radius 1 is 1.03 bits per heavy atom. The third-order valence-electron chi connectivity index (χ3n) is 6.31. The van der Waals surface area contributed by atoms with Crippen molar-refractivity contribution in [2.75, 3.05) is 6.54 Å². The molecular formula is C26H38N2O5. The summed E-state index contributed by atoms with van der Waals surface area (Å²) in [6.07, 6.45) is 6.91. The average Bonchev–Trinajstić information content (AvgIpc) is 3.27. The third-order valence-corrected chi connectivity index (χ3v) is 6.31. The van der Waals surface area contributed by atoms with Crippen molar-refractivity contribution in [1.29, 1.82) is 0 Å². The van der Waals surface area contributed by atoms with Gasteiger partial charge in [0.2, 0.25) is 5.91 Å². The lowest BCUT2D eigenvalue weighted by Crippen LogP contribution is -2.53. The van der Waals surface area contributed by atoms with Crippen LogP contribution in [0.15, 0.2) is 30.3 Å². The predicted molar refractivity (Wildman–Crippen MR) is 125 cm³/mol. The molecule has 0 bridgehead atoms. The van der Waals surface area contributed by atoms with Gasteiger partial charge in [0.15, 0.2) is 0 Å². The molecule has 3 rings (SSSR count). The van der Waals surface area contributed by atoms with Crippen molar-refractivity contribution < 1.29 is 23.9 Å². The largest absolute Gasteiger partial charge is 0.459 e. The first kappa shape index (κ1) is 25.1. The summed E-state index contributed by atoms with van der Waals surface area (Å²) in [6, 6.07) is 8.18. The maximum absolute atomic E-state index is 13.6. The Morgan fingerprint density at radius 2 is 1.73 bits per heavy atom. The van der Waals surface area contributed by atoms with Crippen molar-refractivity contribution in [3.8, 4) is 0 Å². The standard InChI is InChI=1S/C26H38N2O5/c1-26(2,3)33-25(31)27-21(17-19-11-6-4-7-12-19)23(29)28-16-10-15-22(28)24(30)32-18-20-13-8-5-9-14-20/h5,8-9,13-14,19,21-22H,4,6-7,10-12,15-18H2,1-3H3,(H,27,31)/t21?,22-/m1/s1. The number of alkyl carbamates (subject to hydrolysis) is 1. The van der Waals surface area contributed by atoms with E-state index in [2.05, 4.69) is 5.32 Å². The highest BCUT2D eigenvalue weighted by atomic mass is 16.6. The van der Waals surface area contributed by atoms with E-state index < -0.39 is 29.7 Å². The van der Waals surface area contributed by atoms with Gasteiger partial charge in [-0.15, -0.1) is 0 Å². The van der Waals surface area contributed by atoms with Crippen LogP contribution in [0.3, 0.4) is 0 Å². The summed E-state index contributed by atoms with van der Waals surface area (Å²) in [5.74, 6) is -0.224. The molecule has 0 aromatic heterocycles. The van der Waals surface area contributed by atoms with E-state index in [1.54, 1.807) is 25.7 Å². The number of nitrogens with zero attached hydrogens (tertiary/aromatic N) is 1. The zero-order valence-corrected chi connectivity index (χ0v) is 20.2. The Kier molecular flexibility index (Phi) is 8.75. The van der Waals surface area contributed by atoms with Gasteiger partial charge in [-0.1, -0.05) is 62.4 Å². The van der Waals surface area contributed by atoms with Gasteiger partial charge >= 0.3 is 12.1 Å². The van der Waals surface area contributed by atoms with Crippen LogP contribution in [0.1, 0.15) is 77.7 Å².